The maximum atomic E-state index is 12.1. The highest BCUT2D eigenvalue weighted by Crippen LogP contribution is 2.27. The van der Waals surface area contributed by atoms with E-state index in [4.69, 9.17) is 11.6 Å². The molecule has 0 radical (unpaired) electrons. The summed E-state index contributed by atoms with van der Waals surface area (Å²) in [4.78, 5) is 16.0. The van der Waals surface area contributed by atoms with E-state index < -0.39 is 0 Å². The summed E-state index contributed by atoms with van der Waals surface area (Å²) in [7, 11) is 0. The predicted octanol–water partition coefficient (Wildman–Crippen LogP) is 4.15. The third-order valence-electron chi connectivity index (χ3n) is 2.81. The smallest absolute Gasteiger partial charge is 0.168 e. The Bertz CT molecular complexity index is 412. The monoisotopic (exact) mass is 237 g/mol. The van der Waals surface area contributed by atoms with Crippen molar-refractivity contribution in [2.45, 2.75) is 20.8 Å². The normalized spacial score (nSPS) is 12.6. The van der Waals surface area contributed by atoms with E-state index >= 15 is 0 Å². The molecule has 0 amide bonds. The second-order valence-corrected chi connectivity index (χ2v) is 4.65. The Morgan fingerprint density at radius 1 is 1.38 bits per heavy atom. The van der Waals surface area contributed by atoms with Gasteiger partial charge in [-0.3, -0.25) is 9.79 Å². The summed E-state index contributed by atoms with van der Waals surface area (Å²) in [5.74, 6) is 0.372. The van der Waals surface area contributed by atoms with Gasteiger partial charge in [0.15, 0.2) is 5.78 Å². The van der Waals surface area contributed by atoms with Crippen LogP contribution in [0.5, 0.6) is 0 Å². The van der Waals surface area contributed by atoms with Crippen LogP contribution >= 0.6 is 11.6 Å². The lowest BCUT2D eigenvalue weighted by molar-refractivity contribution is 0.0900. The second kappa shape index (κ2) is 5.26. The van der Waals surface area contributed by atoms with Gasteiger partial charge in [-0.15, -0.1) is 0 Å². The molecule has 0 aromatic heterocycles. The van der Waals surface area contributed by atoms with Crippen LogP contribution in [0.3, 0.4) is 0 Å². The molecule has 1 aromatic rings. The minimum atomic E-state index is -0.0262. The molecule has 0 heterocycles. The third kappa shape index (κ3) is 2.70. The predicted molar refractivity (Wildman–Crippen MR) is 69.0 cm³/mol. The SMILES string of the molecule is C=Nc1cc(Cl)ccc1C(=O)C(C)C(C)C. The Hall–Kier alpha value is -1.15. The first-order valence-corrected chi connectivity index (χ1v) is 5.65. The van der Waals surface area contributed by atoms with Gasteiger partial charge in [0.2, 0.25) is 0 Å². The largest absolute Gasteiger partial charge is 0.294 e. The standard InChI is InChI=1S/C13H16ClNO/c1-8(2)9(3)13(16)11-6-5-10(14)7-12(11)15-4/h5-9H,4H2,1-3H3. The summed E-state index contributed by atoms with van der Waals surface area (Å²) in [5.41, 5.74) is 1.16. The molecule has 0 saturated carbocycles. The van der Waals surface area contributed by atoms with Crippen molar-refractivity contribution in [3.8, 4) is 0 Å². The van der Waals surface area contributed by atoms with Crippen molar-refractivity contribution in [1.82, 2.24) is 0 Å². The number of carbonyl (C=O) groups is 1. The van der Waals surface area contributed by atoms with Gasteiger partial charge in [0.05, 0.1) is 5.69 Å². The number of hydrogen-bond acceptors (Lipinski definition) is 2. The fourth-order valence-electron chi connectivity index (χ4n) is 1.39. The summed E-state index contributed by atoms with van der Waals surface area (Å²) >= 11 is 5.84. The molecular weight excluding hydrogens is 222 g/mol. The molecule has 0 aliphatic heterocycles. The van der Waals surface area contributed by atoms with Crippen molar-refractivity contribution < 1.29 is 4.79 Å². The van der Waals surface area contributed by atoms with Gasteiger partial charge >= 0.3 is 0 Å². The zero-order chi connectivity index (χ0) is 12.3. The second-order valence-electron chi connectivity index (χ2n) is 4.22. The molecule has 16 heavy (non-hydrogen) atoms. The van der Waals surface area contributed by atoms with Crippen LogP contribution in [0.1, 0.15) is 31.1 Å². The van der Waals surface area contributed by atoms with E-state index in [1.807, 2.05) is 20.8 Å². The summed E-state index contributed by atoms with van der Waals surface area (Å²) in [6.07, 6.45) is 0. The molecule has 0 saturated heterocycles. The van der Waals surface area contributed by atoms with Crippen LogP contribution in [-0.4, -0.2) is 12.5 Å². The summed E-state index contributed by atoms with van der Waals surface area (Å²) in [5, 5.41) is 0.566. The Balaban J connectivity index is 3.13. The van der Waals surface area contributed by atoms with Gasteiger partial charge in [0.1, 0.15) is 0 Å². The zero-order valence-corrected chi connectivity index (χ0v) is 10.6. The minimum absolute atomic E-state index is 0.0262. The lowest BCUT2D eigenvalue weighted by Crippen LogP contribution is -2.17. The third-order valence-corrected chi connectivity index (χ3v) is 3.04. The van der Waals surface area contributed by atoms with E-state index in [0.717, 1.165) is 0 Å². The van der Waals surface area contributed by atoms with Crippen molar-refractivity contribution in [1.29, 1.82) is 0 Å². The molecular formula is C13H16ClNO. The fourth-order valence-corrected chi connectivity index (χ4v) is 1.56. The number of aliphatic imine (C=N–C) groups is 1. The molecule has 0 aliphatic carbocycles. The van der Waals surface area contributed by atoms with Crippen LogP contribution in [-0.2, 0) is 0 Å². The van der Waals surface area contributed by atoms with Crippen molar-refractivity contribution in [3.05, 3.63) is 28.8 Å². The van der Waals surface area contributed by atoms with Gasteiger partial charge in [-0.1, -0.05) is 32.4 Å². The summed E-state index contributed by atoms with van der Waals surface area (Å²) in [6, 6.07) is 5.08. The highest BCUT2D eigenvalue weighted by Gasteiger charge is 2.20. The van der Waals surface area contributed by atoms with Crippen molar-refractivity contribution in [3.63, 3.8) is 0 Å². The van der Waals surface area contributed by atoms with Crippen molar-refractivity contribution in [2.75, 3.05) is 0 Å². The topological polar surface area (TPSA) is 29.4 Å². The highest BCUT2D eigenvalue weighted by molar-refractivity contribution is 6.31. The first kappa shape index (κ1) is 12.9. The van der Waals surface area contributed by atoms with Gasteiger partial charge in [0, 0.05) is 16.5 Å². The average Bonchev–Trinajstić information content (AvgIpc) is 2.26. The fraction of sp³-hybridized carbons (Fsp3) is 0.385. The molecule has 2 nitrogen and oxygen atoms in total. The molecule has 1 atom stereocenters. The lowest BCUT2D eigenvalue weighted by atomic mass is 9.89. The van der Waals surface area contributed by atoms with E-state index in [1.54, 1.807) is 18.2 Å². The maximum Gasteiger partial charge on any atom is 0.168 e. The molecule has 0 N–H and O–H groups in total. The van der Waals surface area contributed by atoms with Gasteiger partial charge < -0.3 is 0 Å². The van der Waals surface area contributed by atoms with E-state index in [-0.39, 0.29) is 11.7 Å². The molecule has 0 fully saturated rings. The molecule has 0 bridgehead atoms. The molecule has 0 spiro atoms. The maximum absolute atomic E-state index is 12.1. The van der Waals surface area contributed by atoms with Gasteiger partial charge in [-0.25, -0.2) is 0 Å². The Morgan fingerprint density at radius 3 is 2.50 bits per heavy atom. The van der Waals surface area contributed by atoms with Crippen LogP contribution in [0.25, 0.3) is 0 Å². The van der Waals surface area contributed by atoms with Gasteiger partial charge in [-0.2, -0.15) is 0 Å². The van der Waals surface area contributed by atoms with Gasteiger partial charge in [-0.05, 0) is 30.8 Å². The molecule has 3 heteroatoms. The average molecular weight is 238 g/mol. The zero-order valence-electron chi connectivity index (χ0n) is 9.83. The van der Waals surface area contributed by atoms with E-state index in [2.05, 4.69) is 11.7 Å². The number of carbonyl (C=O) groups excluding carboxylic acids is 1. The Labute approximate surface area is 101 Å². The summed E-state index contributed by atoms with van der Waals surface area (Å²) < 4.78 is 0. The first-order valence-electron chi connectivity index (χ1n) is 5.28. The number of nitrogens with zero attached hydrogens (tertiary/aromatic N) is 1. The molecule has 1 unspecified atom stereocenters. The number of halogens is 1. The van der Waals surface area contributed by atoms with Gasteiger partial charge in [0.25, 0.3) is 0 Å². The van der Waals surface area contributed by atoms with Crippen LogP contribution in [0.15, 0.2) is 23.2 Å². The number of rotatable bonds is 4. The number of hydrogen-bond donors (Lipinski definition) is 0. The van der Waals surface area contributed by atoms with Crippen LogP contribution < -0.4 is 0 Å². The number of ketones is 1. The minimum Gasteiger partial charge on any atom is -0.294 e. The molecule has 86 valence electrons. The van der Waals surface area contributed by atoms with Crippen LogP contribution in [0.2, 0.25) is 5.02 Å². The Morgan fingerprint density at radius 2 is 2.00 bits per heavy atom. The molecule has 1 rings (SSSR count). The van der Waals surface area contributed by atoms with E-state index in [9.17, 15) is 4.79 Å². The quantitative estimate of drug-likeness (QED) is 0.572. The molecule has 0 aliphatic rings. The van der Waals surface area contributed by atoms with Crippen molar-refractivity contribution >= 4 is 29.8 Å². The number of benzene rings is 1. The molecule has 1 aromatic carbocycles. The van der Waals surface area contributed by atoms with Crippen molar-refractivity contribution in [2.24, 2.45) is 16.8 Å². The van der Waals surface area contributed by atoms with E-state index in [1.165, 1.54) is 0 Å². The van der Waals surface area contributed by atoms with Crippen LogP contribution in [0.4, 0.5) is 5.69 Å². The highest BCUT2D eigenvalue weighted by atomic mass is 35.5. The van der Waals surface area contributed by atoms with Crippen LogP contribution in [0, 0.1) is 11.8 Å². The summed E-state index contributed by atoms with van der Waals surface area (Å²) in [6.45, 7) is 9.44. The van der Waals surface area contributed by atoms with E-state index in [0.29, 0.717) is 22.2 Å². The Kier molecular flexibility index (Phi) is 4.25. The first-order chi connectivity index (χ1) is 7.47. The lowest BCUT2D eigenvalue weighted by Gasteiger charge is -2.15. The number of Topliss-reactive ketones (excluding diaryl/α,β-unsaturated/α-hetero) is 1.